The van der Waals surface area contributed by atoms with E-state index >= 15 is 0 Å². The molecule has 27 heavy (non-hydrogen) atoms. The zero-order valence-electron chi connectivity index (χ0n) is 14.8. The van der Waals surface area contributed by atoms with Crippen LogP contribution in [0.15, 0.2) is 84.0 Å². The summed E-state index contributed by atoms with van der Waals surface area (Å²) >= 11 is 0. The standard InChI is InChI=1S/C22H20N2O3/c1-2-13-26-17-11-9-16(10-12-17)21-23-20-8-4-3-7-19(20)22(25)24(21)15-18-6-5-14-27-18/h2-12,14,21,23H,1,13,15H2/t21-/m0/s1. The van der Waals surface area contributed by atoms with Crippen molar-refractivity contribution in [2.24, 2.45) is 0 Å². The molecule has 0 fully saturated rings. The first-order valence-corrected chi connectivity index (χ1v) is 8.79. The minimum Gasteiger partial charge on any atom is -0.490 e. The van der Waals surface area contributed by atoms with Gasteiger partial charge in [0.15, 0.2) is 0 Å². The van der Waals surface area contributed by atoms with E-state index in [0.717, 1.165) is 22.8 Å². The largest absolute Gasteiger partial charge is 0.490 e. The lowest BCUT2D eigenvalue weighted by Crippen LogP contribution is -2.42. The molecule has 3 aromatic rings. The van der Waals surface area contributed by atoms with Crippen molar-refractivity contribution in [3.63, 3.8) is 0 Å². The molecule has 1 aliphatic rings. The number of furan rings is 1. The molecule has 0 spiro atoms. The molecular weight excluding hydrogens is 340 g/mol. The predicted molar refractivity (Wildman–Crippen MR) is 104 cm³/mol. The van der Waals surface area contributed by atoms with Crippen LogP contribution in [0, 0.1) is 0 Å². The second-order valence-electron chi connectivity index (χ2n) is 6.27. The molecule has 0 unspecified atom stereocenters. The first kappa shape index (κ1) is 17.0. The Morgan fingerprint density at radius 1 is 1.11 bits per heavy atom. The van der Waals surface area contributed by atoms with Crippen LogP contribution in [0.3, 0.4) is 0 Å². The van der Waals surface area contributed by atoms with E-state index in [2.05, 4.69) is 11.9 Å². The van der Waals surface area contributed by atoms with E-state index in [1.54, 1.807) is 17.2 Å². The number of amides is 1. The number of rotatable bonds is 6. The van der Waals surface area contributed by atoms with Crippen molar-refractivity contribution in [1.82, 2.24) is 4.90 Å². The van der Waals surface area contributed by atoms with Gasteiger partial charge in [-0.15, -0.1) is 0 Å². The zero-order valence-corrected chi connectivity index (χ0v) is 14.8. The first-order valence-electron chi connectivity index (χ1n) is 8.79. The fraction of sp³-hybridized carbons (Fsp3) is 0.136. The van der Waals surface area contributed by atoms with Crippen molar-refractivity contribution in [3.8, 4) is 5.75 Å². The Balaban J connectivity index is 1.67. The lowest BCUT2D eigenvalue weighted by atomic mass is 10.0. The third-order valence-corrected chi connectivity index (χ3v) is 4.49. The summed E-state index contributed by atoms with van der Waals surface area (Å²) in [4.78, 5) is 14.9. The van der Waals surface area contributed by atoms with E-state index in [4.69, 9.17) is 9.15 Å². The number of nitrogens with zero attached hydrogens (tertiary/aromatic N) is 1. The zero-order chi connectivity index (χ0) is 18.6. The number of hydrogen-bond acceptors (Lipinski definition) is 4. The van der Waals surface area contributed by atoms with Gasteiger partial charge in [0.2, 0.25) is 0 Å². The van der Waals surface area contributed by atoms with Crippen molar-refractivity contribution >= 4 is 11.6 Å². The van der Waals surface area contributed by atoms with Crippen LogP contribution in [0.5, 0.6) is 5.75 Å². The van der Waals surface area contributed by atoms with Crippen LogP contribution >= 0.6 is 0 Å². The van der Waals surface area contributed by atoms with E-state index in [1.807, 2.05) is 60.7 Å². The van der Waals surface area contributed by atoms with Crippen LogP contribution in [-0.2, 0) is 6.54 Å². The molecule has 136 valence electrons. The van der Waals surface area contributed by atoms with E-state index in [0.29, 0.717) is 18.7 Å². The lowest BCUT2D eigenvalue weighted by molar-refractivity contribution is 0.0651. The fourth-order valence-electron chi connectivity index (χ4n) is 3.19. The molecule has 5 nitrogen and oxygen atoms in total. The predicted octanol–water partition coefficient (Wildman–Crippen LogP) is 4.61. The maximum atomic E-state index is 13.1. The highest BCUT2D eigenvalue weighted by atomic mass is 16.5. The van der Waals surface area contributed by atoms with Crippen molar-refractivity contribution in [1.29, 1.82) is 0 Å². The van der Waals surface area contributed by atoms with Gasteiger partial charge < -0.3 is 19.4 Å². The van der Waals surface area contributed by atoms with Crippen LogP contribution in [0.25, 0.3) is 0 Å². The molecule has 0 saturated carbocycles. The average Bonchev–Trinajstić information content (AvgIpc) is 3.22. The molecule has 1 N–H and O–H groups in total. The third-order valence-electron chi connectivity index (χ3n) is 4.49. The number of fused-ring (bicyclic) bond motifs is 1. The Bertz CT molecular complexity index is 932. The molecule has 5 heteroatoms. The van der Waals surface area contributed by atoms with Crippen LogP contribution in [-0.4, -0.2) is 17.4 Å². The first-order chi connectivity index (χ1) is 13.3. The second kappa shape index (κ2) is 7.41. The number of carbonyl (C=O) groups is 1. The molecule has 0 saturated heterocycles. The molecule has 4 rings (SSSR count). The van der Waals surface area contributed by atoms with Crippen molar-refractivity contribution in [2.75, 3.05) is 11.9 Å². The smallest absolute Gasteiger partial charge is 0.258 e. The molecular formula is C22H20N2O3. The Labute approximate surface area is 157 Å². The molecule has 1 aromatic heterocycles. The minimum atomic E-state index is -0.300. The minimum absolute atomic E-state index is 0.0299. The van der Waals surface area contributed by atoms with Gasteiger partial charge in [0.05, 0.1) is 18.4 Å². The fourth-order valence-corrected chi connectivity index (χ4v) is 3.19. The summed E-state index contributed by atoms with van der Waals surface area (Å²) in [6, 6.07) is 19.0. The second-order valence-corrected chi connectivity index (χ2v) is 6.27. The number of para-hydroxylation sites is 1. The highest BCUT2D eigenvalue weighted by molar-refractivity contribution is 6.01. The van der Waals surface area contributed by atoms with E-state index in [9.17, 15) is 4.79 Å². The number of anilines is 1. The van der Waals surface area contributed by atoms with Gasteiger partial charge in [-0.1, -0.05) is 36.9 Å². The summed E-state index contributed by atoms with van der Waals surface area (Å²) in [6.07, 6.45) is 3.02. The average molecular weight is 360 g/mol. The third kappa shape index (κ3) is 3.44. The van der Waals surface area contributed by atoms with Crippen LogP contribution in [0.1, 0.15) is 27.8 Å². The monoisotopic (exact) mass is 360 g/mol. The van der Waals surface area contributed by atoms with E-state index in [-0.39, 0.29) is 12.1 Å². The molecule has 0 radical (unpaired) electrons. The van der Waals surface area contributed by atoms with Crippen LogP contribution in [0.2, 0.25) is 0 Å². The number of nitrogens with one attached hydrogen (secondary N) is 1. The number of ether oxygens (including phenoxy) is 1. The Hall–Kier alpha value is -3.47. The van der Waals surface area contributed by atoms with E-state index < -0.39 is 0 Å². The highest BCUT2D eigenvalue weighted by Gasteiger charge is 2.33. The van der Waals surface area contributed by atoms with Crippen molar-refractivity contribution in [2.45, 2.75) is 12.7 Å². The summed E-state index contributed by atoms with van der Waals surface area (Å²) in [7, 11) is 0. The van der Waals surface area contributed by atoms with Crippen molar-refractivity contribution < 1.29 is 13.9 Å². The van der Waals surface area contributed by atoms with Gasteiger partial charge in [0.25, 0.3) is 5.91 Å². The molecule has 1 amide bonds. The highest BCUT2D eigenvalue weighted by Crippen LogP contribution is 2.34. The molecule has 2 aromatic carbocycles. The molecule has 0 aliphatic carbocycles. The maximum absolute atomic E-state index is 13.1. The summed E-state index contributed by atoms with van der Waals surface area (Å²) in [5.41, 5.74) is 2.46. The number of benzene rings is 2. The summed E-state index contributed by atoms with van der Waals surface area (Å²) in [5.74, 6) is 1.47. The Morgan fingerprint density at radius 2 is 1.93 bits per heavy atom. The summed E-state index contributed by atoms with van der Waals surface area (Å²) in [6.45, 7) is 4.49. The van der Waals surface area contributed by atoms with Gasteiger partial charge in [0.1, 0.15) is 24.3 Å². The van der Waals surface area contributed by atoms with Crippen molar-refractivity contribution in [3.05, 3.63) is 96.5 Å². The van der Waals surface area contributed by atoms with Gasteiger partial charge >= 0.3 is 0 Å². The summed E-state index contributed by atoms with van der Waals surface area (Å²) < 4.78 is 11.0. The van der Waals surface area contributed by atoms with Gasteiger partial charge in [-0.3, -0.25) is 4.79 Å². The van der Waals surface area contributed by atoms with Gasteiger partial charge in [-0.25, -0.2) is 0 Å². The van der Waals surface area contributed by atoms with Crippen LogP contribution < -0.4 is 10.1 Å². The molecule has 0 bridgehead atoms. The molecule has 1 atom stereocenters. The van der Waals surface area contributed by atoms with Gasteiger partial charge in [-0.2, -0.15) is 0 Å². The molecule has 2 heterocycles. The topological polar surface area (TPSA) is 54.7 Å². The van der Waals surface area contributed by atoms with Crippen LogP contribution in [0.4, 0.5) is 5.69 Å². The Morgan fingerprint density at radius 3 is 2.67 bits per heavy atom. The molecule has 1 aliphatic heterocycles. The lowest BCUT2D eigenvalue weighted by Gasteiger charge is -2.37. The van der Waals surface area contributed by atoms with Gasteiger partial charge in [0, 0.05) is 5.69 Å². The quantitative estimate of drug-likeness (QED) is 0.652. The van der Waals surface area contributed by atoms with Gasteiger partial charge in [-0.05, 0) is 42.0 Å². The summed E-state index contributed by atoms with van der Waals surface area (Å²) in [5, 5.41) is 3.48. The number of hydrogen-bond donors (Lipinski definition) is 1. The SMILES string of the molecule is C=CCOc1ccc([C@H]2Nc3ccccc3C(=O)N2Cc2ccco2)cc1. The Kier molecular flexibility index (Phi) is 4.66. The maximum Gasteiger partial charge on any atom is 0.258 e. The van der Waals surface area contributed by atoms with E-state index in [1.165, 1.54) is 0 Å². The number of carbonyl (C=O) groups excluding carboxylic acids is 1. The normalized spacial score (nSPS) is 15.8.